The van der Waals surface area contributed by atoms with Gasteiger partial charge in [0.15, 0.2) is 6.17 Å². The number of carbonyl (C=O) groups excluding carboxylic acids is 1. The molecule has 0 radical (unpaired) electrons. The van der Waals surface area contributed by atoms with Crippen molar-refractivity contribution in [3.05, 3.63) is 41.1 Å². The number of aromatic amines is 1. The normalized spacial score (nSPS) is 25.6. The third-order valence-corrected chi connectivity index (χ3v) is 6.05. The number of dihydropyridines is 1. The third kappa shape index (κ3) is 1.97. The van der Waals surface area contributed by atoms with Crippen LogP contribution in [0.25, 0.3) is 16.5 Å². The number of amides is 1. The number of hydrogen-bond donors (Lipinski definition) is 3. The summed E-state index contributed by atoms with van der Waals surface area (Å²) in [6, 6.07) is 6.19. The van der Waals surface area contributed by atoms with Crippen molar-refractivity contribution in [1.29, 1.82) is 0 Å². The van der Waals surface area contributed by atoms with Gasteiger partial charge >= 0.3 is 0 Å². The van der Waals surface area contributed by atoms with Crippen LogP contribution in [0.4, 0.5) is 0 Å². The number of nitrogens with zero attached hydrogens (tertiary/aromatic N) is 2. The molecule has 1 aromatic carbocycles. The van der Waals surface area contributed by atoms with E-state index >= 15 is 0 Å². The van der Waals surface area contributed by atoms with Gasteiger partial charge in [-0.2, -0.15) is 5.10 Å². The number of carbonyl (C=O) groups is 1. The van der Waals surface area contributed by atoms with Crippen molar-refractivity contribution in [2.45, 2.75) is 23.4 Å². The molecule has 122 valence electrons. The van der Waals surface area contributed by atoms with Crippen molar-refractivity contribution >= 4 is 56.9 Å². The van der Waals surface area contributed by atoms with Crippen LogP contribution >= 0.6 is 22.6 Å². The van der Waals surface area contributed by atoms with Crippen LogP contribution in [0.2, 0.25) is 0 Å². The molecule has 24 heavy (non-hydrogen) atoms. The zero-order valence-corrected chi connectivity index (χ0v) is 15.4. The second-order valence-corrected chi connectivity index (χ2v) is 7.88. The third-order valence-electron chi connectivity index (χ3n) is 4.65. The summed E-state index contributed by atoms with van der Waals surface area (Å²) in [4.78, 5) is 19.7. The predicted molar refractivity (Wildman–Crippen MR) is 104 cm³/mol. The summed E-state index contributed by atoms with van der Waals surface area (Å²) in [5, 5.41) is 5.32. The number of nitrogens with two attached hydrogens (primary N) is 1. The van der Waals surface area contributed by atoms with Gasteiger partial charge in [0.1, 0.15) is 9.13 Å². The van der Waals surface area contributed by atoms with Gasteiger partial charge in [0, 0.05) is 28.9 Å². The smallest absolute Gasteiger partial charge is 0.267 e. The first-order chi connectivity index (χ1) is 11.4. The Kier molecular flexibility index (Phi) is 3.31. The van der Waals surface area contributed by atoms with Crippen LogP contribution in [0.5, 0.6) is 0 Å². The maximum atomic E-state index is 11.9. The van der Waals surface area contributed by atoms with Gasteiger partial charge in [0.2, 0.25) is 0 Å². The number of primary amides is 1. The average molecular weight is 433 g/mol. The first kappa shape index (κ1) is 15.4. The fourth-order valence-corrected chi connectivity index (χ4v) is 4.60. The van der Waals surface area contributed by atoms with Gasteiger partial charge in [-0.3, -0.25) is 15.2 Å². The largest absolute Gasteiger partial charge is 0.364 e. The summed E-state index contributed by atoms with van der Waals surface area (Å²) in [6.07, 6.45) is 3.51. The number of aliphatic imine (C=N–C) groups is 1. The standard InChI is InChI=1S/C17H16IN5O/c1-8-4-3-5-10-11(6-20-13(8)10)12-9(2)14(15(19)24)22-16-17(12,18)7-21-23-16/h3-7,16,20,23H,1-2H3,(H2,19,24)/t16?,17-/m0/s1. The first-order valence-corrected chi connectivity index (χ1v) is 8.66. The molecule has 2 aliphatic rings. The number of rotatable bonds is 2. The number of hydrazone groups is 1. The van der Waals surface area contributed by atoms with Crippen LogP contribution < -0.4 is 11.2 Å². The van der Waals surface area contributed by atoms with E-state index in [1.807, 2.05) is 25.4 Å². The minimum Gasteiger partial charge on any atom is -0.364 e. The zero-order valence-electron chi connectivity index (χ0n) is 13.2. The van der Waals surface area contributed by atoms with Crippen molar-refractivity contribution in [1.82, 2.24) is 10.4 Å². The van der Waals surface area contributed by atoms with Crippen LogP contribution in [0.3, 0.4) is 0 Å². The number of aromatic nitrogens is 1. The second kappa shape index (κ2) is 5.17. The van der Waals surface area contributed by atoms with Crippen molar-refractivity contribution in [2.24, 2.45) is 15.8 Å². The number of halogens is 1. The highest BCUT2D eigenvalue weighted by molar-refractivity contribution is 14.1. The Labute approximate surface area is 152 Å². The molecule has 0 aliphatic carbocycles. The van der Waals surface area contributed by atoms with Crippen molar-refractivity contribution in [2.75, 3.05) is 0 Å². The molecule has 2 aliphatic heterocycles. The minimum atomic E-state index is -0.520. The summed E-state index contributed by atoms with van der Waals surface area (Å²) in [5.74, 6) is -0.520. The number of H-pyrrole nitrogens is 1. The quantitative estimate of drug-likeness (QED) is 0.501. The highest BCUT2D eigenvalue weighted by Crippen LogP contribution is 2.46. The molecule has 1 aromatic heterocycles. The van der Waals surface area contributed by atoms with Crippen molar-refractivity contribution in [3.8, 4) is 0 Å². The summed E-state index contributed by atoms with van der Waals surface area (Å²) in [5.41, 5.74) is 14.0. The number of fused-ring (bicyclic) bond motifs is 2. The second-order valence-electron chi connectivity index (χ2n) is 6.10. The Hall–Kier alpha value is -2.16. The van der Waals surface area contributed by atoms with Crippen LogP contribution in [0, 0.1) is 6.92 Å². The molecule has 0 spiro atoms. The molecular formula is C17H16IN5O. The Bertz CT molecular complexity index is 971. The number of hydrogen-bond acceptors (Lipinski definition) is 4. The molecule has 4 rings (SSSR count). The SMILES string of the molecule is CC1=C(c2c[nH]c3c(C)cccc23)[C@@]2(I)C=NNC2N=C1C(N)=O. The maximum absolute atomic E-state index is 11.9. The molecule has 2 aromatic rings. The molecule has 2 atom stereocenters. The topological polar surface area (TPSA) is 95.6 Å². The summed E-state index contributed by atoms with van der Waals surface area (Å²) in [6.45, 7) is 3.97. The lowest BCUT2D eigenvalue weighted by Gasteiger charge is -2.33. The predicted octanol–water partition coefficient (Wildman–Crippen LogP) is 2.28. The molecule has 0 bridgehead atoms. The van der Waals surface area contributed by atoms with Crippen LogP contribution in [-0.2, 0) is 4.79 Å². The van der Waals surface area contributed by atoms with Gasteiger partial charge in [-0.15, -0.1) is 0 Å². The molecule has 6 nitrogen and oxygen atoms in total. The van der Waals surface area contributed by atoms with Gasteiger partial charge in [0.05, 0.1) is 0 Å². The molecule has 4 N–H and O–H groups in total. The van der Waals surface area contributed by atoms with Gasteiger partial charge < -0.3 is 10.7 Å². The maximum Gasteiger partial charge on any atom is 0.267 e. The lowest BCUT2D eigenvalue weighted by atomic mass is 9.83. The monoisotopic (exact) mass is 433 g/mol. The molecule has 7 heteroatoms. The Morgan fingerprint density at radius 1 is 1.38 bits per heavy atom. The van der Waals surface area contributed by atoms with Gasteiger partial charge in [-0.05, 0) is 30.6 Å². The van der Waals surface area contributed by atoms with E-state index in [0.717, 1.165) is 27.6 Å². The Morgan fingerprint density at radius 2 is 2.17 bits per heavy atom. The van der Waals surface area contributed by atoms with Gasteiger partial charge in [0.25, 0.3) is 5.91 Å². The number of aryl methyl sites for hydroxylation is 1. The number of nitrogens with one attached hydrogen (secondary N) is 2. The minimum absolute atomic E-state index is 0.308. The molecule has 0 fully saturated rings. The van der Waals surface area contributed by atoms with E-state index in [0.29, 0.717) is 5.71 Å². The summed E-state index contributed by atoms with van der Waals surface area (Å²) < 4.78 is -0.459. The Morgan fingerprint density at radius 3 is 2.92 bits per heavy atom. The van der Waals surface area contributed by atoms with Crippen LogP contribution in [-0.4, -0.2) is 32.4 Å². The molecule has 0 saturated heterocycles. The average Bonchev–Trinajstić information content (AvgIpc) is 3.11. The van der Waals surface area contributed by atoms with Crippen molar-refractivity contribution < 1.29 is 4.79 Å². The van der Waals surface area contributed by atoms with E-state index in [-0.39, 0.29) is 6.17 Å². The fraction of sp³-hybridized carbons (Fsp3) is 0.235. The lowest BCUT2D eigenvalue weighted by molar-refractivity contribution is -0.112. The van der Waals surface area contributed by atoms with Crippen molar-refractivity contribution in [3.63, 3.8) is 0 Å². The van der Waals surface area contributed by atoms with E-state index in [1.54, 1.807) is 0 Å². The van der Waals surface area contributed by atoms with E-state index in [9.17, 15) is 4.79 Å². The van der Waals surface area contributed by atoms with E-state index in [2.05, 4.69) is 62.2 Å². The highest BCUT2D eigenvalue weighted by atomic mass is 127. The lowest BCUT2D eigenvalue weighted by Crippen LogP contribution is -2.46. The molecular weight excluding hydrogens is 417 g/mol. The van der Waals surface area contributed by atoms with E-state index < -0.39 is 9.33 Å². The van der Waals surface area contributed by atoms with Crippen LogP contribution in [0.1, 0.15) is 18.1 Å². The molecule has 0 saturated carbocycles. The molecule has 1 unspecified atom stereocenters. The van der Waals surface area contributed by atoms with Gasteiger partial charge in [-0.25, -0.2) is 0 Å². The van der Waals surface area contributed by atoms with E-state index in [1.165, 1.54) is 5.56 Å². The number of alkyl halides is 1. The molecule has 3 heterocycles. The van der Waals surface area contributed by atoms with Crippen LogP contribution in [0.15, 0.2) is 40.1 Å². The number of benzene rings is 1. The summed E-state index contributed by atoms with van der Waals surface area (Å²) >= 11 is 2.35. The first-order valence-electron chi connectivity index (χ1n) is 7.58. The highest BCUT2D eigenvalue weighted by Gasteiger charge is 2.48. The van der Waals surface area contributed by atoms with Gasteiger partial charge in [-0.1, -0.05) is 40.8 Å². The number of para-hydroxylation sites is 1. The fourth-order valence-electron chi connectivity index (χ4n) is 3.49. The summed E-state index contributed by atoms with van der Waals surface area (Å²) in [7, 11) is 0. The molecule has 1 amide bonds. The van der Waals surface area contributed by atoms with E-state index in [4.69, 9.17) is 5.73 Å². The zero-order chi connectivity index (χ0) is 17.1. The Balaban J connectivity index is 2.04.